The zero-order valence-electron chi connectivity index (χ0n) is 11.3. The first-order valence-electron chi connectivity index (χ1n) is 6.62. The highest BCUT2D eigenvalue weighted by Crippen LogP contribution is 2.14. The van der Waals surface area contributed by atoms with E-state index in [0.717, 1.165) is 31.1 Å². The number of nitrogens with two attached hydrogens (primary N) is 1. The topological polar surface area (TPSA) is 42.2 Å². The normalized spacial score (nSPS) is 11.4. The molecule has 3 nitrogen and oxygen atoms in total. The van der Waals surface area contributed by atoms with Gasteiger partial charge in [0.2, 0.25) is 0 Å². The van der Waals surface area contributed by atoms with Gasteiger partial charge in [-0.15, -0.1) is 0 Å². The Morgan fingerprint density at radius 2 is 2.00 bits per heavy atom. The molecule has 0 aliphatic heterocycles. The minimum atomic E-state index is 0.662. The molecular weight excluding hydrogens is 210 g/mol. The smallest absolute Gasteiger partial charge is 0.127 e. The van der Waals surface area contributed by atoms with Crippen LogP contribution >= 0.6 is 0 Å². The molecule has 17 heavy (non-hydrogen) atoms. The summed E-state index contributed by atoms with van der Waals surface area (Å²) in [4.78, 5) is 6.59. The Morgan fingerprint density at radius 3 is 2.53 bits per heavy atom. The summed E-state index contributed by atoms with van der Waals surface area (Å²) in [5.74, 6) is 1.45. The Hall–Kier alpha value is -1.09. The molecule has 2 N–H and O–H groups in total. The third-order valence-corrected chi connectivity index (χ3v) is 3.44. The molecule has 0 saturated carbocycles. The molecule has 0 aliphatic rings. The predicted molar refractivity (Wildman–Crippen MR) is 73.7 cm³/mol. The van der Waals surface area contributed by atoms with Gasteiger partial charge in [-0.1, -0.05) is 39.7 Å². The van der Waals surface area contributed by atoms with E-state index in [1.54, 1.807) is 6.20 Å². The summed E-state index contributed by atoms with van der Waals surface area (Å²) in [6.07, 6.45) is 4.24. The molecule has 0 aromatic carbocycles. The summed E-state index contributed by atoms with van der Waals surface area (Å²) in [6, 6.07) is 4.02. The second kappa shape index (κ2) is 7.28. The van der Waals surface area contributed by atoms with Gasteiger partial charge < -0.3 is 5.73 Å². The summed E-state index contributed by atoms with van der Waals surface area (Å²) in [5, 5.41) is 0. The maximum absolute atomic E-state index is 5.88. The van der Waals surface area contributed by atoms with Gasteiger partial charge in [-0.25, -0.2) is 4.98 Å². The minimum absolute atomic E-state index is 0.662. The van der Waals surface area contributed by atoms with Crippen molar-refractivity contribution in [3.05, 3.63) is 23.9 Å². The van der Waals surface area contributed by atoms with Gasteiger partial charge >= 0.3 is 0 Å². The van der Waals surface area contributed by atoms with Crippen molar-refractivity contribution < 1.29 is 0 Å². The Morgan fingerprint density at radius 1 is 1.29 bits per heavy atom. The average molecular weight is 235 g/mol. The Balaban J connectivity index is 2.61. The van der Waals surface area contributed by atoms with Crippen molar-refractivity contribution in [2.75, 3.05) is 18.8 Å². The number of anilines is 1. The molecule has 0 aliphatic carbocycles. The van der Waals surface area contributed by atoms with Gasteiger partial charge in [-0.3, -0.25) is 4.90 Å². The summed E-state index contributed by atoms with van der Waals surface area (Å²) in [7, 11) is 0. The maximum Gasteiger partial charge on any atom is 0.127 e. The number of nitrogen functional groups attached to an aromatic ring is 1. The molecule has 0 radical (unpaired) electrons. The first-order valence-corrected chi connectivity index (χ1v) is 6.62. The molecule has 0 unspecified atom stereocenters. The van der Waals surface area contributed by atoms with Crippen molar-refractivity contribution in [2.45, 2.75) is 40.2 Å². The van der Waals surface area contributed by atoms with Crippen molar-refractivity contribution in [2.24, 2.45) is 5.92 Å². The SMILES string of the molecule is CCC(CC)CN(CC)Cc1cccnc1N. The maximum atomic E-state index is 5.88. The lowest BCUT2D eigenvalue weighted by molar-refractivity contribution is 0.226. The third kappa shape index (κ3) is 4.35. The number of rotatable bonds is 7. The van der Waals surface area contributed by atoms with Crippen LogP contribution in [-0.4, -0.2) is 23.0 Å². The first-order chi connectivity index (χ1) is 8.21. The number of nitrogens with zero attached hydrogens (tertiary/aromatic N) is 2. The van der Waals surface area contributed by atoms with Gasteiger partial charge in [0.15, 0.2) is 0 Å². The van der Waals surface area contributed by atoms with Crippen LogP contribution in [0.4, 0.5) is 5.82 Å². The van der Waals surface area contributed by atoms with Gasteiger partial charge in [-0.2, -0.15) is 0 Å². The Kier molecular flexibility index (Phi) is 5.98. The molecule has 0 atom stereocenters. The number of aromatic nitrogens is 1. The fourth-order valence-electron chi connectivity index (χ4n) is 2.04. The van der Waals surface area contributed by atoms with E-state index in [-0.39, 0.29) is 0 Å². The standard InChI is InChI=1S/C14H25N3/c1-4-12(5-2)10-17(6-3)11-13-8-7-9-16-14(13)15/h7-9,12H,4-6,10-11H2,1-3H3,(H2,15,16). The van der Waals surface area contributed by atoms with E-state index in [4.69, 9.17) is 5.73 Å². The van der Waals surface area contributed by atoms with Crippen molar-refractivity contribution in [1.29, 1.82) is 0 Å². The molecule has 1 heterocycles. The fraction of sp³-hybridized carbons (Fsp3) is 0.643. The summed E-state index contributed by atoms with van der Waals surface area (Å²) in [5.41, 5.74) is 7.02. The van der Waals surface area contributed by atoms with E-state index >= 15 is 0 Å². The van der Waals surface area contributed by atoms with Gasteiger partial charge in [0, 0.05) is 24.8 Å². The lowest BCUT2D eigenvalue weighted by atomic mass is 10.0. The second-order valence-corrected chi connectivity index (χ2v) is 4.56. The molecule has 1 aromatic rings. The van der Waals surface area contributed by atoms with Crippen LogP contribution in [0.2, 0.25) is 0 Å². The minimum Gasteiger partial charge on any atom is -0.383 e. The van der Waals surface area contributed by atoms with E-state index in [2.05, 4.69) is 36.7 Å². The summed E-state index contributed by atoms with van der Waals surface area (Å²) in [6.45, 7) is 9.85. The third-order valence-electron chi connectivity index (χ3n) is 3.44. The quantitative estimate of drug-likeness (QED) is 0.790. The average Bonchev–Trinajstić information content (AvgIpc) is 2.36. The van der Waals surface area contributed by atoms with Crippen LogP contribution < -0.4 is 5.73 Å². The second-order valence-electron chi connectivity index (χ2n) is 4.56. The lowest BCUT2D eigenvalue weighted by Gasteiger charge is -2.25. The van der Waals surface area contributed by atoms with E-state index < -0.39 is 0 Å². The van der Waals surface area contributed by atoms with Gasteiger partial charge in [-0.05, 0) is 18.5 Å². The van der Waals surface area contributed by atoms with Crippen LogP contribution in [0.3, 0.4) is 0 Å². The Labute approximate surface area is 105 Å². The molecule has 1 rings (SSSR count). The number of pyridine rings is 1. The zero-order chi connectivity index (χ0) is 12.7. The van der Waals surface area contributed by atoms with Crippen molar-refractivity contribution in [1.82, 2.24) is 9.88 Å². The molecule has 0 bridgehead atoms. The van der Waals surface area contributed by atoms with Crippen molar-refractivity contribution >= 4 is 5.82 Å². The first kappa shape index (κ1) is 14.0. The highest BCUT2D eigenvalue weighted by Gasteiger charge is 2.11. The molecule has 96 valence electrons. The molecular formula is C14H25N3. The van der Waals surface area contributed by atoms with Crippen LogP contribution in [0.15, 0.2) is 18.3 Å². The number of hydrogen-bond donors (Lipinski definition) is 1. The van der Waals surface area contributed by atoms with Gasteiger partial charge in [0.05, 0.1) is 0 Å². The van der Waals surface area contributed by atoms with Gasteiger partial charge in [0.1, 0.15) is 5.82 Å². The summed E-state index contributed by atoms with van der Waals surface area (Å²) >= 11 is 0. The summed E-state index contributed by atoms with van der Waals surface area (Å²) < 4.78 is 0. The van der Waals surface area contributed by atoms with Gasteiger partial charge in [0.25, 0.3) is 0 Å². The van der Waals surface area contributed by atoms with E-state index in [1.165, 1.54) is 12.8 Å². The van der Waals surface area contributed by atoms with E-state index in [1.807, 2.05) is 6.07 Å². The largest absolute Gasteiger partial charge is 0.383 e. The number of hydrogen-bond acceptors (Lipinski definition) is 3. The van der Waals surface area contributed by atoms with Crippen LogP contribution in [0.5, 0.6) is 0 Å². The Bertz CT molecular complexity index is 321. The molecule has 0 spiro atoms. The zero-order valence-corrected chi connectivity index (χ0v) is 11.3. The van der Waals surface area contributed by atoms with Crippen LogP contribution in [0.25, 0.3) is 0 Å². The highest BCUT2D eigenvalue weighted by atomic mass is 15.1. The lowest BCUT2D eigenvalue weighted by Crippen LogP contribution is -2.29. The van der Waals surface area contributed by atoms with Crippen LogP contribution in [0.1, 0.15) is 39.2 Å². The van der Waals surface area contributed by atoms with E-state index in [9.17, 15) is 0 Å². The fourth-order valence-corrected chi connectivity index (χ4v) is 2.04. The van der Waals surface area contributed by atoms with Crippen molar-refractivity contribution in [3.8, 4) is 0 Å². The molecule has 0 amide bonds. The molecule has 1 aromatic heterocycles. The van der Waals surface area contributed by atoms with Crippen molar-refractivity contribution in [3.63, 3.8) is 0 Å². The highest BCUT2D eigenvalue weighted by molar-refractivity contribution is 5.38. The predicted octanol–water partition coefficient (Wildman–Crippen LogP) is 2.92. The molecule has 3 heteroatoms. The van der Waals surface area contributed by atoms with Crippen LogP contribution in [0, 0.1) is 5.92 Å². The van der Waals surface area contributed by atoms with Crippen LogP contribution in [-0.2, 0) is 6.54 Å². The molecule has 0 saturated heterocycles. The monoisotopic (exact) mass is 235 g/mol. The van der Waals surface area contributed by atoms with E-state index in [0.29, 0.717) is 5.82 Å². The molecule has 0 fully saturated rings.